The van der Waals surface area contributed by atoms with Crippen LogP contribution in [0.15, 0.2) is 35.6 Å². The van der Waals surface area contributed by atoms with Crippen LogP contribution in [0.1, 0.15) is 12.1 Å². The van der Waals surface area contributed by atoms with Crippen LogP contribution in [-0.2, 0) is 18.4 Å². The van der Waals surface area contributed by atoms with Crippen molar-refractivity contribution in [3.05, 3.63) is 41.2 Å². The number of carbonyl (C=O) groups is 1. The minimum Gasteiger partial charge on any atom is -0.390 e. The normalized spacial score (nSPS) is 18.2. The van der Waals surface area contributed by atoms with Crippen molar-refractivity contribution in [2.45, 2.75) is 23.4 Å². The molecule has 1 aliphatic rings. The zero-order valence-electron chi connectivity index (χ0n) is 12.1. The fraction of sp³-hybridized carbons (Fsp3) is 0.333. The molecule has 7 heteroatoms. The van der Waals surface area contributed by atoms with Crippen LogP contribution < -0.4 is 4.90 Å². The number of hydrogen-bond acceptors (Lipinski definition) is 4. The zero-order valence-corrected chi connectivity index (χ0v) is 13.6. The lowest BCUT2D eigenvalue weighted by Crippen LogP contribution is -2.28. The first-order valence-electron chi connectivity index (χ1n) is 6.95. The van der Waals surface area contributed by atoms with Gasteiger partial charge in [-0.3, -0.25) is 4.79 Å². The first kappa shape index (κ1) is 15.4. The molecule has 2 aromatic rings. The standard InChI is InChI=1S/C15H16ClN3O2S/c1-18-12(9-20)8-17-15(18)22-13-5-6-19(14(13)21)11-4-2-3-10(16)7-11/h2-4,7-8,13,20H,5-6,9H2,1H3. The van der Waals surface area contributed by atoms with E-state index in [0.717, 1.165) is 23.0 Å². The maximum atomic E-state index is 12.6. The van der Waals surface area contributed by atoms with Crippen LogP contribution in [0.2, 0.25) is 5.02 Å². The van der Waals surface area contributed by atoms with Crippen LogP contribution >= 0.6 is 23.4 Å². The van der Waals surface area contributed by atoms with Gasteiger partial charge in [-0.1, -0.05) is 29.4 Å². The number of aliphatic hydroxyl groups is 1. The molecular weight excluding hydrogens is 322 g/mol. The number of aliphatic hydroxyl groups excluding tert-OH is 1. The second-order valence-electron chi connectivity index (χ2n) is 5.11. The SMILES string of the molecule is Cn1c(CO)cnc1SC1CCN(c2cccc(Cl)c2)C1=O. The molecule has 0 bridgehead atoms. The summed E-state index contributed by atoms with van der Waals surface area (Å²) in [5, 5.41) is 10.4. The molecule has 1 atom stereocenters. The van der Waals surface area contributed by atoms with E-state index in [4.69, 9.17) is 11.6 Å². The first-order valence-corrected chi connectivity index (χ1v) is 8.21. The zero-order chi connectivity index (χ0) is 15.7. The van der Waals surface area contributed by atoms with Crippen molar-refractivity contribution in [1.29, 1.82) is 0 Å². The third kappa shape index (κ3) is 2.86. The molecule has 1 aromatic heterocycles. The number of carbonyl (C=O) groups excluding carboxylic acids is 1. The Kier molecular flexibility index (Phi) is 4.42. The Balaban J connectivity index is 1.75. The Labute approximate surface area is 137 Å². The van der Waals surface area contributed by atoms with Gasteiger partial charge in [-0.05, 0) is 24.6 Å². The Hall–Kier alpha value is -1.50. The van der Waals surface area contributed by atoms with E-state index in [-0.39, 0.29) is 17.8 Å². The van der Waals surface area contributed by atoms with E-state index in [1.165, 1.54) is 11.8 Å². The number of nitrogens with zero attached hydrogens (tertiary/aromatic N) is 3. The topological polar surface area (TPSA) is 58.4 Å². The molecule has 1 aliphatic heterocycles. The van der Waals surface area contributed by atoms with Crippen molar-refractivity contribution in [3.8, 4) is 0 Å². The van der Waals surface area contributed by atoms with Crippen molar-refractivity contribution >= 4 is 35.0 Å². The van der Waals surface area contributed by atoms with Gasteiger partial charge in [0.15, 0.2) is 5.16 Å². The van der Waals surface area contributed by atoms with Crippen molar-refractivity contribution in [1.82, 2.24) is 9.55 Å². The van der Waals surface area contributed by atoms with Crippen LogP contribution in [-0.4, -0.2) is 32.4 Å². The third-order valence-corrected chi connectivity index (χ3v) is 5.27. The maximum absolute atomic E-state index is 12.6. The first-order chi connectivity index (χ1) is 10.6. The second kappa shape index (κ2) is 6.32. The number of amides is 1. The van der Waals surface area contributed by atoms with Crippen molar-refractivity contribution in [3.63, 3.8) is 0 Å². The second-order valence-corrected chi connectivity index (χ2v) is 6.72. The summed E-state index contributed by atoms with van der Waals surface area (Å²) in [5.74, 6) is 0.0702. The lowest BCUT2D eigenvalue weighted by atomic mass is 10.3. The largest absolute Gasteiger partial charge is 0.390 e. The average molecular weight is 338 g/mol. The highest BCUT2D eigenvalue weighted by atomic mass is 35.5. The van der Waals surface area contributed by atoms with Crippen LogP contribution in [0.4, 0.5) is 5.69 Å². The summed E-state index contributed by atoms with van der Waals surface area (Å²) in [7, 11) is 1.84. The number of aromatic nitrogens is 2. The van der Waals surface area contributed by atoms with Gasteiger partial charge in [0, 0.05) is 24.3 Å². The lowest BCUT2D eigenvalue weighted by Gasteiger charge is -2.16. The van der Waals surface area contributed by atoms with Crippen molar-refractivity contribution in [2.75, 3.05) is 11.4 Å². The van der Waals surface area contributed by atoms with Crippen molar-refractivity contribution in [2.24, 2.45) is 7.05 Å². The maximum Gasteiger partial charge on any atom is 0.240 e. The predicted octanol–water partition coefficient (Wildman–Crippen LogP) is 2.46. The van der Waals surface area contributed by atoms with E-state index in [1.54, 1.807) is 23.2 Å². The Morgan fingerprint density at radius 2 is 2.32 bits per heavy atom. The molecule has 1 aromatic carbocycles. The molecule has 1 fully saturated rings. The fourth-order valence-electron chi connectivity index (χ4n) is 2.47. The summed E-state index contributed by atoms with van der Waals surface area (Å²) >= 11 is 7.44. The molecule has 1 unspecified atom stereocenters. The van der Waals surface area contributed by atoms with E-state index >= 15 is 0 Å². The number of imidazole rings is 1. The van der Waals surface area contributed by atoms with Gasteiger partial charge in [-0.2, -0.15) is 0 Å². The number of halogens is 1. The van der Waals surface area contributed by atoms with Crippen molar-refractivity contribution < 1.29 is 9.90 Å². The van der Waals surface area contributed by atoms with Gasteiger partial charge in [-0.15, -0.1) is 0 Å². The molecule has 0 aliphatic carbocycles. The highest BCUT2D eigenvalue weighted by Crippen LogP contribution is 2.33. The summed E-state index contributed by atoms with van der Waals surface area (Å²) < 4.78 is 1.82. The summed E-state index contributed by atoms with van der Waals surface area (Å²) in [5.41, 5.74) is 1.57. The Morgan fingerprint density at radius 1 is 1.50 bits per heavy atom. The van der Waals surface area contributed by atoms with E-state index in [0.29, 0.717) is 11.6 Å². The summed E-state index contributed by atoms with van der Waals surface area (Å²) in [4.78, 5) is 18.6. The molecule has 0 radical (unpaired) electrons. The fourth-order valence-corrected chi connectivity index (χ4v) is 3.75. The van der Waals surface area contributed by atoms with Gasteiger partial charge in [-0.25, -0.2) is 4.98 Å². The van der Waals surface area contributed by atoms with Gasteiger partial charge in [0.1, 0.15) is 0 Å². The van der Waals surface area contributed by atoms with E-state index in [9.17, 15) is 9.90 Å². The van der Waals surface area contributed by atoms with Gasteiger partial charge < -0.3 is 14.6 Å². The number of rotatable bonds is 4. The molecule has 3 rings (SSSR count). The highest BCUT2D eigenvalue weighted by Gasteiger charge is 2.34. The lowest BCUT2D eigenvalue weighted by molar-refractivity contribution is -0.116. The molecule has 2 heterocycles. The van der Waals surface area contributed by atoms with Gasteiger partial charge >= 0.3 is 0 Å². The van der Waals surface area contributed by atoms with Crippen LogP contribution in [0.3, 0.4) is 0 Å². The van der Waals surface area contributed by atoms with E-state index in [1.807, 2.05) is 23.7 Å². The third-order valence-electron chi connectivity index (χ3n) is 3.73. The van der Waals surface area contributed by atoms with E-state index in [2.05, 4.69) is 4.98 Å². The molecule has 1 amide bonds. The summed E-state index contributed by atoms with van der Waals surface area (Å²) in [6.07, 6.45) is 2.40. The Bertz CT molecular complexity index is 704. The number of hydrogen-bond donors (Lipinski definition) is 1. The van der Waals surface area contributed by atoms with Crippen LogP contribution in [0, 0.1) is 0 Å². The highest BCUT2D eigenvalue weighted by molar-refractivity contribution is 8.00. The Morgan fingerprint density at radius 3 is 3.00 bits per heavy atom. The predicted molar refractivity (Wildman–Crippen MR) is 87.2 cm³/mol. The average Bonchev–Trinajstić information content (AvgIpc) is 3.04. The van der Waals surface area contributed by atoms with Crippen LogP contribution in [0.25, 0.3) is 0 Å². The molecule has 0 saturated carbocycles. The summed E-state index contributed by atoms with van der Waals surface area (Å²) in [6, 6.07) is 7.33. The molecule has 22 heavy (non-hydrogen) atoms. The molecule has 1 saturated heterocycles. The van der Waals surface area contributed by atoms with Gasteiger partial charge in [0.2, 0.25) is 5.91 Å². The summed E-state index contributed by atoms with van der Waals surface area (Å²) in [6.45, 7) is 0.617. The minimum absolute atomic E-state index is 0.0582. The number of thioether (sulfide) groups is 1. The molecule has 116 valence electrons. The number of benzene rings is 1. The smallest absolute Gasteiger partial charge is 0.240 e. The van der Waals surface area contributed by atoms with Gasteiger partial charge in [0.05, 0.1) is 23.7 Å². The monoisotopic (exact) mass is 337 g/mol. The van der Waals surface area contributed by atoms with E-state index < -0.39 is 0 Å². The molecule has 1 N–H and O–H groups in total. The van der Waals surface area contributed by atoms with Gasteiger partial charge in [0.25, 0.3) is 0 Å². The molecule has 0 spiro atoms. The number of anilines is 1. The quantitative estimate of drug-likeness (QED) is 0.931. The molecule has 5 nitrogen and oxygen atoms in total. The molecular formula is C15H16ClN3O2S. The van der Waals surface area contributed by atoms with Crippen LogP contribution in [0.5, 0.6) is 0 Å². The minimum atomic E-state index is -0.161.